The predicted molar refractivity (Wildman–Crippen MR) is 63.8 cm³/mol. The third-order valence-electron chi connectivity index (χ3n) is 3.16. The second-order valence-corrected chi connectivity index (χ2v) is 4.39. The molecular weight excluding hydrogens is 220 g/mol. The van der Waals surface area contributed by atoms with Gasteiger partial charge in [-0.2, -0.15) is 0 Å². The smallest absolute Gasteiger partial charge is 0.305 e. The van der Waals surface area contributed by atoms with Crippen molar-refractivity contribution in [3.05, 3.63) is 22.5 Å². The van der Waals surface area contributed by atoms with Gasteiger partial charge in [0.2, 0.25) is 5.95 Å². The van der Waals surface area contributed by atoms with Gasteiger partial charge in [-0.05, 0) is 12.3 Å². The van der Waals surface area contributed by atoms with E-state index in [1.54, 1.807) is 0 Å². The molecule has 1 aromatic heterocycles. The minimum Gasteiger partial charge on any atom is -0.354 e. The minimum atomic E-state index is -0.498. The van der Waals surface area contributed by atoms with E-state index >= 15 is 0 Å². The van der Waals surface area contributed by atoms with Crippen LogP contribution in [0, 0.1) is 16.0 Å². The van der Waals surface area contributed by atoms with Crippen LogP contribution in [0.15, 0.2) is 12.4 Å². The van der Waals surface area contributed by atoms with E-state index in [0.29, 0.717) is 5.95 Å². The Morgan fingerprint density at radius 2 is 2.00 bits per heavy atom. The zero-order valence-corrected chi connectivity index (χ0v) is 9.63. The molecule has 0 bridgehead atoms. The Morgan fingerprint density at radius 3 is 2.59 bits per heavy atom. The number of anilines is 1. The van der Waals surface area contributed by atoms with Gasteiger partial charge in [0, 0.05) is 6.54 Å². The first-order valence-electron chi connectivity index (χ1n) is 5.96. The molecule has 1 fully saturated rings. The Labute approximate surface area is 99.6 Å². The lowest BCUT2D eigenvalue weighted by atomic mass is 10.0. The van der Waals surface area contributed by atoms with Gasteiger partial charge in [0.15, 0.2) is 0 Å². The summed E-state index contributed by atoms with van der Waals surface area (Å²) in [6.45, 7) is 0.836. The van der Waals surface area contributed by atoms with Crippen molar-refractivity contribution in [3.63, 3.8) is 0 Å². The van der Waals surface area contributed by atoms with Gasteiger partial charge >= 0.3 is 5.69 Å². The zero-order chi connectivity index (χ0) is 12.1. The van der Waals surface area contributed by atoms with E-state index in [1.807, 2.05) is 0 Å². The van der Waals surface area contributed by atoms with Crippen molar-refractivity contribution in [3.8, 4) is 0 Å². The fraction of sp³-hybridized carbons (Fsp3) is 0.636. The quantitative estimate of drug-likeness (QED) is 0.627. The van der Waals surface area contributed by atoms with Crippen LogP contribution in [-0.2, 0) is 0 Å². The third kappa shape index (κ3) is 3.37. The van der Waals surface area contributed by atoms with Crippen LogP contribution in [0.3, 0.4) is 0 Å². The Hall–Kier alpha value is -1.72. The molecule has 0 atom stereocenters. The summed E-state index contributed by atoms with van der Waals surface area (Å²) in [5.74, 6) is 1.29. The minimum absolute atomic E-state index is 0.0775. The van der Waals surface area contributed by atoms with E-state index in [0.717, 1.165) is 18.9 Å². The highest BCUT2D eigenvalue weighted by molar-refractivity contribution is 5.30. The first-order valence-corrected chi connectivity index (χ1v) is 5.96. The van der Waals surface area contributed by atoms with Crippen LogP contribution >= 0.6 is 0 Å². The van der Waals surface area contributed by atoms with Crippen LogP contribution in [0.5, 0.6) is 0 Å². The van der Waals surface area contributed by atoms with Crippen molar-refractivity contribution >= 4 is 11.6 Å². The van der Waals surface area contributed by atoms with Gasteiger partial charge in [-0.1, -0.05) is 25.7 Å². The Bertz CT molecular complexity index is 374. The van der Waals surface area contributed by atoms with Crippen molar-refractivity contribution in [2.45, 2.75) is 32.1 Å². The monoisotopic (exact) mass is 236 g/mol. The van der Waals surface area contributed by atoms with E-state index in [-0.39, 0.29) is 5.69 Å². The highest BCUT2D eigenvalue weighted by Gasteiger charge is 2.14. The third-order valence-corrected chi connectivity index (χ3v) is 3.16. The van der Waals surface area contributed by atoms with Crippen molar-refractivity contribution in [2.24, 2.45) is 5.92 Å². The van der Waals surface area contributed by atoms with Crippen LogP contribution in [0.1, 0.15) is 32.1 Å². The summed E-state index contributed by atoms with van der Waals surface area (Å²) in [5.41, 5.74) is -0.0775. The molecule has 0 unspecified atom stereocenters. The van der Waals surface area contributed by atoms with Gasteiger partial charge in [-0.3, -0.25) is 10.1 Å². The van der Waals surface area contributed by atoms with Crippen LogP contribution in [-0.4, -0.2) is 21.4 Å². The molecule has 92 valence electrons. The van der Waals surface area contributed by atoms with E-state index < -0.39 is 4.92 Å². The number of hydrogen-bond donors (Lipinski definition) is 1. The molecule has 0 saturated heterocycles. The molecule has 6 heteroatoms. The molecule has 1 aliphatic rings. The lowest BCUT2D eigenvalue weighted by Crippen LogP contribution is -2.09. The molecule has 17 heavy (non-hydrogen) atoms. The van der Waals surface area contributed by atoms with Gasteiger partial charge in [-0.15, -0.1) is 0 Å². The number of nitro groups is 1. The van der Waals surface area contributed by atoms with Gasteiger partial charge < -0.3 is 5.32 Å². The maximum Gasteiger partial charge on any atom is 0.305 e. The van der Waals surface area contributed by atoms with E-state index in [4.69, 9.17) is 0 Å². The lowest BCUT2D eigenvalue weighted by Gasteiger charge is -2.09. The van der Waals surface area contributed by atoms with Crippen LogP contribution < -0.4 is 5.32 Å². The van der Waals surface area contributed by atoms with E-state index in [1.165, 1.54) is 38.1 Å². The molecule has 1 heterocycles. The summed E-state index contributed by atoms with van der Waals surface area (Å²) in [7, 11) is 0. The SMILES string of the molecule is O=[N+]([O-])c1cnc(NCCC2CCCC2)nc1. The summed E-state index contributed by atoms with van der Waals surface area (Å²) in [5, 5.41) is 13.5. The summed E-state index contributed by atoms with van der Waals surface area (Å²) >= 11 is 0. The fourth-order valence-corrected chi connectivity index (χ4v) is 2.19. The number of hydrogen-bond acceptors (Lipinski definition) is 5. The van der Waals surface area contributed by atoms with E-state index in [2.05, 4.69) is 15.3 Å². The van der Waals surface area contributed by atoms with Crippen LogP contribution in [0.4, 0.5) is 11.6 Å². The number of aromatic nitrogens is 2. The van der Waals surface area contributed by atoms with Gasteiger partial charge in [0.1, 0.15) is 12.4 Å². The normalized spacial score (nSPS) is 16.0. The van der Waals surface area contributed by atoms with Gasteiger partial charge in [-0.25, -0.2) is 9.97 Å². The first-order chi connectivity index (χ1) is 8.25. The number of nitrogens with zero attached hydrogens (tertiary/aromatic N) is 3. The molecule has 1 N–H and O–H groups in total. The molecule has 1 aliphatic carbocycles. The zero-order valence-electron chi connectivity index (χ0n) is 9.63. The highest BCUT2D eigenvalue weighted by atomic mass is 16.6. The van der Waals surface area contributed by atoms with Crippen LogP contribution in [0.25, 0.3) is 0 Å². The second kappa shape index (κ2) is 5.56. The maximum absolute atomic E-state index is 10.4. The molecule has 0 amide bonds. The summed E-state index contributed by atoms with van der Waals surface area (Å²) < 4.78 is 0. The fourth-order valence-electron chi connectivity index (χ4n) is 2.19. The molecule has 0 radical (unpaired) electrons. The van der Waals surface area contributed by atoms with E-state index in [9.17, 15) is 10.1 Å². The van der Waals surface area contributed by atoms with Crippen molar-refractivity contribution in [1.82, 2.24) is 9.97 Å². The number of nitrogens with one attached hydrogen (secondary N) is 1. The summed E-state index contributed by atoms with van der Waals surface area (Å²) in [6, 6.07) is 0. The Balaban J connectivity index is 1.76. The van der Waals surface area contributed by atoms with Crippen LogP contribution in [0.2, 0.25) is 0 Å². The molecule has 0 aliphatic heterocycles. The second-order valence-electron chi connectivity index (χ2n) is 4.39. The maximum atomic E-state index is 10.4. The first kappa shape index (κ1) is 11.8. The average Bonchev–Trinajstić information content (AvgIpc) is 2.83. The Morgan fingerprint density at radius 1 is 1.35 bits per heavy atom. The lowest BCUT2D eigenvalue weighted by molar-refractivity contribution is -0.385. The Kier molecular flexibility index (Phi) is 3.85. The highest BCUT2D eigenvalue weighted by Crippen LogP contribution is 2.27. The molecule has 0 spiro atoms. The topological polar surface area (TPSA) is 81.0 Å². The largest absolute Gasteiger partial charge is 0.354 e. The molecule has 1 saturated carbocycles. The van der Waals surface area contributed by atoms with Crippen molar-refractivity contribution in [2.75, 3.05) is 11.9 Å². The predicted octanol–water partition coefficient (Wildman–Crippen LogP) is 2.38. The molecule has 1 aromatic rings. The average molecular weight is 236 g/mol. The summed E-state index contributed by atoms with van der Waals surface area (Å²) in [6.07, 6.45) is 8.92. The van der Waals surface area contributed by atoms with Gasteiger partial charge in [0.05, 0.1) is 4.92 Å². The molecule has 2 rings (SSSR count). The van der Waals surface area contributed by atoms with Crippen molar-refractivity contribution in [1.29, 1.82) is 0 Å². The molecule has 0 aromatic carbocycles. The number of rotatable bonds is 5. The standard InChI is InChI=1S/C11H16N4O2/c16-15(17)10-7-13-11(14-8-10)12-6-5-9-3-1-2-4-9/h7-9H,1-6H2,(H,12,13,14). The van der Waals surface area contributed by atoms with Gasteiger partial charge in [0.25, 0.3) is 0 Å². The molecule has 6 nitrogen and oxygen atoms in total. The molecular formula is C11H16N4O2. The van der Waals surface area contributed by atoms with Crippen molar-refractivity contribution < 1.29 is 4.92 Å². The summed E-state index contributed by atoms with van der Waals surface area (Å²) in [4.78, 5) is 17.7.